The van der Waals surface area contributed by atoms with Crippen LogP contribution in [0, 0.1) is 0 Å². The van der Waals surface area contributed by atoms with Gasteiger partial charge in [-0.2, -0.15) is 8.42 Å². The first-order valence-corrected chi connectivity index (χ1v) is 9.86. The average molecular weight is 435 g/mol. The van der Waals surface area contributed by atoms with E-state index in [1.165, 1.54) is 26.2 Å². The lowest BCUT2D eigenvalue weighted by Crippen LogP contribution is -2.71. The molecule has 154 valence electrons. The number of carbonyl (C=O) groups excluding carboxylic acids is 2. The van der Waals surface area contributed by atoms with Crippen LogP contribution in [-0.2, 0) is 29.5 Å². The number of hydrogen-bond donors (Lipinski definition) is 4. The first-order valence-electron chi connectivity index (χ1n) is 7.58. The zero-order chi connectivity index (χ0) is 21.4. The number of hydrogen-bond acceptors (Lipinski definition) is 10. The molecule has 0 radical (unpaired) electrons. The molecule has 1 aromatic rings. The summed E-state index contributed by atoms with van der Waals surface area (Å²) < 4.78 is 31.4. The molecular formula is C13H17N5O8S2. The first kappa shape index (κ1) is 21.5. The highest BCUT2D eigenvalue weighted by Crippen LogP contribution is 2.23. The maximum atomic E-state index is 12.6. The highest BCUT2D eigenvalue weighted by Gasteiger charge is 2.51. The summed E-state index contributed by atoms with van der Waals surface area (Å²) in [6.07, 6.45) is 0. The van der Waals surface area contributed by atoms with E-state index >= 15 is 0 Å². The zero-order valence-electron chi connectivity index (χ0n) is 14.8. The van der Waals surface area contributed by atoms with Crippen molar-refractivity contribution in [3.05, 3.63) is 11.1 Å². The average Bonchev–Trinajstić information content (AvgIpc) is 2.97. The number of nitrogens with two attached hydrogens (primary N) is 1. The summed E-state index contributed by atoms with van der Waals surface area (Å²) in [6.45, 7) is 3.69. The van der Waals surface area contributed by atoms with Crippen molar-refractivity contribution in [2.24, 2.45) is 5.16 Å². The number of carboxylic acid groups (broad SMARTS) is 1. The Morgan fingerprint density at radius 1 is 1.46 bits per heavy atom. The number of aromatic nitrogens is 1. The van der Waals surface area contributed by atoms with Crippen molar-refractivity contribution in [2.45, 2.75) is 38.5 Å². The summed E-state index contributed by atoms with van der Waals surface area (Å²) in [7, 11) is -4.76. The Hall–Kier alpha value is -2.78. The second kappa shape index (κ2) is 7.33. The van der Waals surface area contributed by atoms with Gasteiger partial charge in [0, 0.05) is 5.38 Å². The van der Waals surface area contributed by atoms with Crippen LogP contribution in [-0.4, -0.2) is 68.5 Å². The van der Waals surface area contributed by atoms with Gasteiger partial charge in [-0.3, -0.25) is 14.1 Å². The number of amides is 2. The van der Waals surface area contributed by atoms with Crippen molar-refractivity contribution in [1.29, 1.82) is 0 Å². The Balaban J connectivity index is 2.26. The molecule has 0 aromatic carbocycles. The molecule has 0 spiro atoms. The van der Waals surface area contributed by atoms with Gasteiger partial charge in [-0.15, -0.1) is 11.3 Å². The smallest absolute Gasteiger partial charge is 0.362 e. The van der Waals surface area contributed by atoms with Crippen LogP contribution < -0.4 is 11.1 Å². The van der Waals surface area contributed by atoms with Crippen molar-refractivity contribution in [2.75, 3.05) is 5.73 Å². The van der Waals surface area contributed by atoms with E-state index in [0.717, 1.165) is 11.3 Å². The Morgan fingerprint density at radius 2 is 2.07 bits per heavy atom. The molecule has 1 aliphatic heterocycles. The third-order valence-corrected chi connectivity index (χ3v) is 5.41. The van der Waals surface area contributed by atoms with Gasteiger partial charge >= 0.3 is 16.3 Å². The molecule has 28 heavy (non-hydrogen) atoms. The minimum absolute atomic E-state index is 0.0350. The number of carbonyl (C=O) groups is 3. The van der Waals surface area contributed by atoms with Gasteiger partial charge < -0.3 is 21.0 Å². The first-order chi connectivity index (χ1) is 12.8. The second-order valence-electron chi connectivity index (χ2n) is 6.22. The molecule has 2 amide bonds. The maximum Gasteiger partial charge on any atom is 0.362 e. The van der Waals surface area contributed by atoms with Crippen LogP contribution in [0.2, 0.25) is 0 Å². The number of anilines is 1. The minimum Gasteiger partial charge on any atom is -0.478 e. The largest absolute Gasteiger partial charge is 0.478 e. The van der Waals surface area contributed by atoms with Crippen LogP contribution in [0.1, 0.15) is 26.5 Å². The van der Waals surface area contributed by atoms with Crippen molar-refractivity contribution < 1.29 is 37.3 Å². The zero-order valence-corrected chi connectivity index (χ0v) is 16.4. The Kier molecular flexibility index (Phi) is 5.63. The van der Waals surface area contributed by atoms with E-state index in [1.807, 2.05) is 0 Å². The van der Waals surface area contributed by atoms with Gasteiger partial charge in [0.15, 0.2) is 10.8 Å². The topological polar surface area (TPSA) is 202 Å². The minimum atomic E-state index is -4.76. The lowest BCUT2D eigenvalue weighted by Gasteiger charge is -2.42. The van der Waals surface area contributed by atoms with Gasteiger partial charge in [-0.1, -0.05) is 5.16 Å². The SMILES string of the molecule is C[C@@H]1[C@@H](NC(=O)/C(=N/OC(C)(C)C(=O)O)c2csc(N)n2)C(=O)N1S(=O)(=O)O. The number of nitrogens with one attached hydrogen (secondary N) is 1. The number of carboxylic acids is 1. The van der Waals surface area contributed by atoms with E-state index in [2.05, 4.69) is 15.5 Å². The normalized spacial score (nSPS) is 20.5. The molecule has 15 heteroatoms. The molecule has 2 rings (SSSR count). The fourth-order valence-corrected chi connectivity index (χ4v) is 3.54. The number of nitrogen functional groups attached to an aromatic ring is 1. The summed E-state index contributed by atoms with van der Waals surface area (Å²) in [5, 5.41) is 16.3. The molecule has 0 unspecified atom stereocenters. The number of thiazole rings is 1. The quantitative estimate of drug-likeness (QED) is 0.175. The third-order valence-electron chi connectivity index (χ3n) is 3.73. The molecule has 0 bridgehead atoms. The highest BCUT2D eigenvalue weighted by atomic mass is 32.2. The van der Waals surface area contributed by atoms with E-state index < -0.39 is 51.5 Å². The van der Waals surface area contributed by atoms with Gasteiger partial charge in [0.25, 0.3) is 11.8 Å². The second-order valence-corrected chi connectivity index (χ2v) is 8.40. The Labute approximate surface area is 163 Å². The summed E-state index contributed by atoms with van der Waals surface area (Å²) in [5.41, 5.74) is 3.26. The summed E-state index contributed by atoms with van der Waals surface area (Å²) in [5.74, 6) is -3.38. The molecule has 1 aromatic heterocycles. The number of β-lactam (4-membered cyclic amide) rings is 1. The molecule has 2 atom stereocenters. The van der Waals surface area contributed by atoms with E-state index in [1.54, 1.807) is 0 Å². The van der Waals surface area contributed by atoms with Crippen LogP contribution in [0.3, 0.4) is 0 Å². The lowest BCUT2D eigenvalue weighted by molar-refractivity contribution is -0.161. The number of oxime groups is 1. The van der Waals surface area contributed by atoms with Gasteiger partial charge in [0.05, 0.1) is 6.04 Å². The van der Waals surface area contributed by atoms with Crippen LogP contribution >= 0.6 is 11.3 Å². The molecule has 1 aliphatic rings. The predicted octanol–water partition coefficient (Wildman–Crippen LogP) is -1.17. The van der Waals surface area contributed by atoms with E-state index in [0.29, 0.717) is 0 Å². The molecule has 2 heterocycles. The number of rotatable bonds is 7. The number of aliphatic carboxylic acids is 1. The number of nitrogens with zero attached hydrogens (tertiary/aromatic N) is 3. The molecular weight excluding hydrogens is 418 g/mol. The summed E-state index contributed by atoms with van der Waals surface area (Å²) >= 11 is 0.980. The van der Waals surface area contributed by atoms with Gasteiger partial charge in [0.2, 0.25) is 5.60 Å². The van der Waals surface area contributed by atoms with Crippen molar-refractivity contribution >= 4 is 50.3 Å². The van der Waals surface area contributed by atoms with Crippen molar-refractivity contribution in [1.82, 2.24) is 14.6 Å². The third kappa shape index (κ3) is 4.20. The molecule has 5 N–H and O–H groups in total. The molecule has 1 saturated heterocycles. The van der Waals surface area contributed by atoms with Gasteiger partial charge in [0.1, 0.15) is 11.7 Å². The lowest BCUT2D eigenvalue weighted by atomic mass is 10.0. The van der Waals surface area contributed by atoms with Crippen molar-refractivity contribution in [3.8, 4) is 0 Å². The molecule has 13 nitrogen and oxygen atoms in total. The molecule has 0 saturated carbocycles. The van der Waals surface area contributed by atoms with Crippen LogP contribution in [0.5, 0.6) is 0 Å². The van der Waals surface area contributed by atoms with Gasteiger partial charge in [-0.25, -0.2) is 14.1 Å². The summed E-state index contributed by atoms with van der Waals surface area (Å²) in [6, 6.07) is -2.31. The van der Waals surface area contributed by atoms with Gasteiger partial charge in [-0.05, 0) is 20.8 Å². The van der Waals surface area contributed by atoms with E-state index in [-0.39, 0.29) is 15.1 Å². The Morgan fingerprint density at radius 3 is 2.50 bits per heavy atom. The molecule has 1 fully saturated rings. The summed E-state index contributed by atoms with van der Waals surface area (Å²) in [4.78, 5) is 44.4. The van der Waals surface area contributed by atoms with E-state index in [9.17, 15) is 22.8 Å². The predicted molar refractivity (Wildman–Crippen MR) is 95.7 cm³/mol. The van der Waals surface area contributed by atoms with Crippen LogP contribution in [0.25, 0.3) is 0 Å². The highest BCUT2D eigenvalue weighted by molar-refractivity contribution is 7.84. The fraction of sp³-hybridized carbons (Fsp3) is 0.462. The molecule has 0 aliphatic carbocycles. The monoisotopic (exact) mass is 435 g/mol. The van der Waals surface area contributed by atoms with Crippen LogP contribution in [0.4, 0.5) is 5.13 Å². The standard InChI is InChI=1S/C13H17N5O8S2/c1-5-7(10(20)18(5)28(23,24)25)16-9(19)8(6-4-27-12(14)15-6)17-26-13(2,3)11(21)22/h4-5,7H,1-3H3,(H2,14,15)(H,16,19)(H,21,22)(H,23,24,25)/b17-8+/t5-,7-/m1/s1. The Bertz CT molecular complexity index is 954. The van der Waals surface area contributed by atoms with Crippen molar-refractivity contribution in [3.63, 3.8) is 0 Å². The fourth-order valence-electron chi connectivity index (χ4n) is 2.11. The maximum absolute atomic E-state index is 12.6. The van der Waals surface area contributed by atoms with Crippen LogP contribution in [0.15, 0.2) is 10.5 Å². The van der Waals surface area contributed by atoms with E-state index in [4.69, 9.17) is 20.2 Å².